The molecule has 6 atom stereocenters. The summed E-state index contributed by atoms with van der Waals surface area (Å²) in [5.74, 6) is -3.46. The van der Waals surface area contributed by atoms with Gasteiger partial charge in [-0.25, -0.2) is 0 Å². The fraction of sp³-hybridized carbons (Fsp3) is 0.641. The maximum absolute atomic E-state index is 14.4. The van der Waals surface area contributed by atoms with Gasteiger partial charge in [0.2, 0.25) is 41.4 Å². The summed E-state index contributed by atoms with van der Waals surface area (Å²) in [7, 11) is 0. The highest BCUT2D eigenvalue weighted by molar-refractivity contribution is 5.97. The van der Waals surface area contributed by atoms with Crippen molar-refractivity contribution in [2.75, 3.05) is 19.6 Å². The topological polar surface area (TPSA) is 259 Å². The summed E-state index contributed by atoms with van der Waals surface area (Å²) in [5, 5.41) is 16.8. The first kappa shape index (κ1) is 43.5. The summed E-state index contributed by atoms with van der Waals surface area (Å²) < 4.78 is 0. The van der Waals surface area contributed by atoms with Gasteiger partial charge < -0.3 is 48.3 Å². The molecule has 3 aliphatic rings. The third kappa shape index (κ3) is 13.5. The van der Waals surface area contributed by atoms with Crippen molar-refractivity contribution in [1.29, 1.82) is 0 Å². The van der Waals surface area contributed by atoms with Crippen LogP contribution in [0, 0.1) is 5.92 Å². The fourth-order valence-corrected chi connectivity index (χ4v) is 7.68. The minimum Gasteiger partial charge on any atom is -0.370 e. The van der Waals surface area contributed by atoms with E-state index in [-0.39, 0.29) is 57.2 Å². The molecule has 1 aromatic rings. The molecule has 3 fully saturated rings. The summed E-state index contributed by atoms with van der Waals surface area (Å²) in [5.41, 5.74) is 11.7. The van der Waals surface area contributed by atoms with E-state index >= 15 is 0 Å². The Kier molecular flexibility index (Phi) is 16.9. The molecule has 0 unspecified atom stereocenters. The maximum atomic E-state index is 14.4. The Labute approximate surface area is 328 Å². The van der Waals surface area contributed by atoms with Crippen molar-refractivity contribution in [2.45, 2.75) is 134 Å². The highest BCUT2D eigenvalue weighted by Gasteiger charge is 2.40. The molecule has 17 nitrogen and oxygen atoms in total. The number of hydrogen-bond acceptors (Lipinski definition) is 8. The Morgan fingerprint density at radius 3 is 2.27 bits per heavy atom. The van der Waals surface area contributed by atoms with E-state index in [4.69, 9.17) is 11.5 Å². The first-order chi connectivity index (χ1) is 26.8. The second-order valence-corrected chi connectivity index (χ2v) is 15.2. The number of aliphatic imine (C=N–C) groups is 1. The standard InChI is InChI=1S/C39H60N10O7/c1-24-33(51)46-28(16-9-20-43-39(40)41)34(52)42-19-10-17-29(47-36(54)30(45-25(2)50)22-26-12-5-3-6-13-26)38(56)49-21-11-18-32(49)37(55)48-31(35(53)44-24)23-27-14-7-4-8-15-27/h3,5-6,12-13,24,27-32H,4,7-11,14-23H2,1-2H3,(H,42,52)(H,44,53)(H,45,50)(H,46,51)(H,47,54)(H,48,55)(H4,40,41,43)/t24-,28-,29+,30+,31-,32+/m0/s1. The monoisotopic (exact) mass is 780 g/mol. The van der Waals surface area contributed by atoms with Gasteiger partial charge in [-0.2, -0.15) is 0 Å². The summed E-state index contributed by atoms with van der Waals surface area (Å²) in [6, 6.07) is 3.18. The Balaban J connectivity index is 1.62. The molecule has 10 N–H and O–H groups in total. The van der Waals surface area contributed by atoms with Crippen molar-refractivity contribution in [3.05, 3.63) is 35.9 Å². The number of hydrogen-bond donors (Lipinski definition) is 8. The molecule has 0 radical (unpaired) electrons. The number of amides is 7. The zero-order valence-corrected chi connectivity index (χ0v) is 32.6. The third-order valence-electron chi connectivity index (χ3n) is 10.7. The molecular weight excluding hydrogens is 720 g/mol. The van der Waals surface area contributed by atoms with Crippen LogP contribution in [0.15, 0.2) is 35.3 Å². The van der Waals surface area contributed by atoms with Crippen molar-refractivity contribution in [1.82, 2.24) is 36.8 Å². The lowest BCUT2D eigenvalue weighted by Crippen LogP contribution is -2.59. The SMILES string of the molecule is CC(=O)N[C@H](Cc1ccccc1)C(=O)N[C@@H]1CCCNC(=O)[C@H](CCCN=C(N)N)NC(=O)[C@H](C)NC(=O)[C@H](CC2CCCCC2)NC(=O)[C@H]2CCCN2C1=O. The Bertz CT molecular complexity index is 1560. The van der Waals surface area contributed by atoms with Gasteiger partial charge in [-0.15, -0.1) is 0 Å². The van der Waals surface area contributed by atoms with E-state index in [1.807, 2.05) is 30.3 Å². The average Bonchev–Trinajstić information content (AvgIpc) is 3.67. The van der Waals surface area contributed by atoms with Crippen LogP contribution in [0.5, 0.6) is 0 Å². The molecule has 2 saturated heterocycles. The molecule has 308 valence electrons. The molecule has 0 spiro atoms. The Morgan fingerprint density at radius 2 is 1.57 bits per heavy atom. The highest BCUT2D eigenvalue weighted by Crippen LogP contribution is 2.28. The van der Waals surface area contributed by atoms with Crippen molar-refractivity contribution in [3.63, 3.8) is 0 Å². The quantitative estimate of drug-likeness (QED) is 0.0826. The summed E-state index contributed by atoms with van der Waals surface area (Å²) in [4.78, 5) is 100. The van der Waals surface area contributed by atoms with Gasteiger partial charge in [0.25, 0.3) is 0 Å². The minimum atomic E-state index is -1.10. The van der Waals surface area contributed by atoms with Gasteiger partial charge in [-0.05, 0) is 63.4 Å². The molecule has 1 saturated carbocycles. The first-order valence-corrected chi connectivity index (χ1v) is 20.0. The van der Waals surface area contributed by atoms with Gasteiger partial charge in [0.05, 0.1) is 0 Å². The van der Waals surface area contributed by atoms with E-state index in [2.05, 4.69) is 36.9 Å². The number of nitrogens with zero attached hydrogens (tertiary/aromatic N) is 2. The Morgan fingerprint density at radius 1 is 0.857 bits per heavy atom. The van der Waals surface area contributed by atoms with Gasteiger partial charge in [0.1, 0.15) is 36.3 Å². The van der Waals surface area contributed by atoms with E-state index in [1.165, 1.54) is 18.7 Å². The second-order valence-electron chi connectivity index (χ2n) is 15.2. The van der Waals surface area contributed by atoms with Gasteiger partial charge in [-0.1, -0.05) is 62.4 Å². The van der Waals surface area contributed by atoms with Crippen LogP contribution in [0.3, 0.4) is 0 Å². The zero-order valence-electron chi connectivity index (χ0n) is 32.6. The summed E-state index contributed by atoms with van der Waals surface area (Å²) in [6.45, 7) is 3.40. The van der Waals surface area contributed by atoms with E-state index in [1.54, 1.807) is 0 Å². The van der Waals surface area contributed by atoms with Crippen LogP contribution >= 0.6 is 0 Å². The Hall–Kier alpha value is -5.22. The second kappa shape index (κ2) is 21.8. The lowest BCUT2D eigenvalue weighted by Gasteiger charge is -2.32. The first-order valence-electron chi connectivity index (χ1n) is 20.0. The molecule has 2 aliphatic heterocycles. The van der Waals surface area contributed by atoms with Gasteiger partial charge in [-0.3, -0.25) is 38.6 Å². The number of guanidine groups is 1. The number of nitrogens with two attached hydrogens (primary N) is 2. The maximum Gasteiger partial charge on any atom is 0.245 e. The zero-order chi connectivity index (χ0) is 40.6. The lowest BCUT2D eigenvalue weighted by atomic mass is 9.84. The van der Waals surface area contributed by atoms with Crippen LogP contribution in [0.1, 0.15) is 96.5 Å². The number of benzene rings is 1. The van der Waals surface area contributed by atoms with Crippen LogP contribution in [0.25, 0.3) is 0 Å². The van der Waals surface area contributed by atoms with Crippen molar-refractivity contribution in [2.24, 2.45) is 22.4 Å². The molecule has 56 heavy (non-hydrogen) atoms. The van der Waals surface area contributed by atoms with Gasteiger partial charge >= 0.3 is 0 Å². The third-order valence-corrected chi connectivity index (χ3v) is 10.7. The number of rotatable bonds is 11. The fourth-order valence-electron chi connectivity index (χ4n) is 7.68. The molecule has 7 amide bonds. The molecule has 2 heterocycles. The average molecular weight is 781 g/mol. The molecule has 0 aromatic heterocycles. The number of fused-ring (bicyclic) bond motifs is 1. The number of carbonyl (C=O) groups is 7. The van der Waals surface area contributed by atoms with E-state index in [0.717, 1.165) is 37.7 Å². The van der Waals surface area contributed by atoms with Crippen LogP contribution in [0.4, 0.5) is 0 Å². The molecule has 1 aromatic carbocycles. The van der Waals surface area contributed by atoms with Crippen LogP contribution in [-0.4, -0.2) is 108 Å². The van der Waals surface area contributed by atoms with Crippen LogP contribution in [-0.2, 0) is 40.0 Å². The van der Waals surface area contributed by atoms with Crippen LogP contribution in [0.2, 0.25) is 0 Å². The van der Waals surface area contributed by atoms with E-state index in [0.29, 0.717) is 25.7 Å². The minimum absolute atomic E-state index is 0.0942. The van der Waals surface area contributed by atoms with E-state index < -0.39 is 77.6 Å². The highest BCUT2D eigenvalue weighted by atomic mass is 16.2. The van der Waals surface area contributed by atoms with Gasteiger partial charge in [0.15, 0.2) is 5.96 Å². The molecule has 0 bridgehead atoms. The lowest BCUT2D eigenvalue weighted by molar-refractivity contribution is -0.142. The predicted octanol–water partition coefficient (Wildman–Crippen LogP) is -0.382. The smallest absolute Gasteiger partial charge is 0.245 e. The normalized spacial score (nSPS) is 25.2. The van der Waals surface area contributed by atoms with Crippen LogP contribution < -0.4 is 43.4 Å². The summed E-state index contributed by atoms with van der Waals surface area (Å²) >= 11 is 0. The predicted molar refractivity (Wildman–Crippen MR) is 209 cm³/mol. The molecule has 1 aliphatic carbocycles. The van der Waals surface area contributed by atoms with Gasteiger partial charge in [0, 0.05) is 33.0 Å². The number of nitrogens with one attached hydrogen (secondary N) is 6. The van der Waals surface area contributed by atoms with E-state index in [9.17, 15) is 33.6 Å². The molecular formula is C39H60N10O7. The van der Waals surface area contributed by atoms with Crippen molar-refractivity contribution < 1.29 is 33.6 Å². The number of carbonyl (C=O) groups excluding carboxylic acids is 7. The van der Waals surface area contributed by atoms with Crippen molar-refractivity contribution >= 4 is 47.3 Å². The molecule has 4 rings (SSSR count). The van der Waals surface area contributed by atoms with Crippen molar-refractivity contribution in [3.8, 4) is 0 Å². The largest absolute Gasteiger partial charge is 0.370 e. The summed E-state index contributed by atoms with van der Waals surface area (Å²) in [6.07, 6.45) is 7.30. The molecule has 17 heteroatoms.